The lowest BCUT2D eigenvalue weighted by Crippen LogP contribution is -2.45. The van der Waals surface area contributed by atoms with E-state index in [-0.39, 0.29) is 0 Å². The standard InChI is InChI=1S/C21H27N5O3/c1-2-19-20(29-16-28-19)13-17(1)14-24-5-7-25(8-6-24)15-18-3-4-22-21(23-18)26-9-11-27-12-10-26/h1-4,13H,5-12,14-16H2. The highest BCUT2D eigenvalue weighted by Gasteiger charge is 2.20. The summed E-state index contributed by atoms with van der Waals surface area (Å²) in [5, 5.41) is 0. The third kappa shape index (κ3) is 4.44. The molecule has 0 amide bonds. The molecule has 0 spiro atoms. The van der Waals surface area contributed by atoms with Crippen LogP contribution in [0.4, 0.5) is 5.95 Å². The number of morpholine rings is 1. The maximum atomic E-state index is 5.49. The molecule has 3 aliphatic heterocycles. The van der Waals surface area contributed by atoms with Crippen molar-refractivity contribution in [1.82, 2.24) is 19.8 Å². The summed E-state index contributed by atoms with van der Waals surface area (Å²) in [7, 11) is 0. The first-order valence-corrected chi connectivity index (χ1v) is 10.3. The minimum Gasteiger partial charge on any atom is -0.454 e. The van der Waals surface area contributed by atoms with E-state index in [0.717, 1.165) is 88.7 Å². The summed E-state index contributed by atoms with van der Waals surface area (Å²) in [5.41, 5.74) is 2.36. The molecule has 154 valence electrons. The molecule has 2 aromatic rings. The van der Waals surface area contributed by atoms with Gasteiger partial charge in [-0.2, -0.15) is 0 Å². The number of hydrogen-bond acceptors (Lipinski definition) is 8. The van der Waals surface area contributed by atoms with E-state index in [9.17, 15) is 0 Å². The summed E-state index contributed by atoms with van der Waals surface area (Å²) < 4.78 is 16.3. The van der Waals surface area contributed by atoms with Crippen LogP contribution in [0.5, 0.6) is 11.5 Å². The Labute approximate surface area is 171 Å². The molecule has 0 atom stereocenters. The Morgan fingerprint density at radius 2 is 1.59 bits per heavy atom. The van der Waals surface area contributed by atoms with Crippen molar-refractivity contribution in [2.24, 2.45) is 0 Å². The lowest BCUT2D eigenvalue weighted by molar-refractivity contribution is 0.119. The Kier molecular flexibility index (Phi) is 5.47. The van der Waals surface area contributed by atoms with Gasteiger partial charge >= 0.3 is 0 Å². The van der Waals surface area contributed by atoms with Crippen LogP contribution >= 0.6 is 0 Å². The highest BCUT2D eigenvalue weighted by molar-refractivity contribution is 5.44. The van der Waals surface area contributed by atoms with Crippen LogP contribution in [0.2, 0.25) is 0 Å². The normalized spacial score (nSPS) is 20.2. The zero-order chi connectivity index (χ0) is 19.5. The van der Waals surface area contributed by atoms with E-state index in [4.69, 9.17) is 19.2 Å². The van der Waals surface area contributed by atoms with Crippen LogP contribution in [0.1, 0.15) is 11.3 Å². The van der Waals surface area contributed by atoms with Crippen molar-refractivity contribution < 1.29 is 14.2 Å². The number of benzene rings is 1. The van der Waals surface area contributed by atoms with Gasteiger partial charge in [-0.05, 0) is 23.8 Å². The minimum atomic E-state index is 0.327. The SMILES string of the molecule is c1cc(CN2CCN(Cc3ccc4c(c3)OCO4)CC2)nc(N2CCOCC2)n1. The molecule has 0 saturated carbocycles. The van der Waals surface area contributed by atoms with Crippen LogP contribution in [0.25, 0.3) is 0 Å². The Balaban J connectivity index is 1.13. The zero-order valence-corrected chi connectivity index (χ0v) is 16.6. The summed E-state index contributed by atoms with van der Waals surface area (Å²) in [6, 6.07) is 8.27. The number of piperazine rings is 1. The first kappa shape index (κ1) is 18.6. The molecule has 2 saturated heterocycles. The van der Waals surface area contributed by atoms with Gasteiger partial charge in [0.1, 0.15) is 0 Å². The molecule has 1 aromatic carbocycles. The van der Waals surface area contributed by atoms with Crippen molar-refractivity contribution in [2.45, 2.75) is 13.1 Å². The monoisotopic (exact) mass is 397 g/mol. The van der Waals surface area contributed by atoms with E-state index in [1.807, 2.05) is 18.3 Å². The molecule has 5 rings (SSSR count). The Morgan fingerprint density at radius 3 is 2.41 bits per heavy atom. The van der Waals surface area contributed by atoms with Gasteiger partial charge in [-0.25, -0.2) is 9.97 Å². The van der Waals surface area contributed by atoms with Gasteiger partial charge in [0.15, 0.2) is 11.5 Å². The molecule has 4 heterocycles. The van der Waals surface area contributed by atoms with Gasteiger partial charge in [0, 0.05) is 58.6 Å². The maximum absolute atomic E-state index is 5.49. The molecule has 3 aliphatic rings. The minimum absolute atomic E-state index is 0.327. The Morgan fingerprint density at radius 1 is 0.828 bits per heavy atom. The fourth-order valence-corrected chi connectivity index (χ4v) is 4.02. The Hall–Kier alpha value is -2.42. The quantitative estimate of drug-likeness (QED) is 0.750. The highest BCUT2D eigenvalue weighted by atomic mass is 16.7. The fourth-order valence-electron chi connectivity index (χ4n) is 4.02. The third-order valence-corrected chi connectivity index (χ3v) is 5.69. The molecule has 0 bridgehead atoms. The summed E-state index contributed by atoms with van der Waals surface area (Å²) in [6.07, 6.45) is 1.88. The summed E-state index contributed by atoms with van der Waals surface area (Å²) >= 11 is 0. The molecule has 8 nitrogen and oxygen atoms in total. The number of ether oxygens (including phenoxy) is 3. The molecule has 0 aliphatic carbocycles. The van der Waals surface area contributed by atoms with Crippen LogP contribution in [0, 0.1) is 0 Å². The van der Waals surface area contributed by atoms with Crippen LogP contribution < -0.4 is 14.4 Å². The first-order valence-electron chi connectivity index (χ1n) is 10.3. The second-order valence-corrected chi connectivity index (χ2v) is 7.69. The average Bonchev–Trinajstić information content (AvgIpc) is 3.24. The van der Waals surface area contributed by atoms with E-state index >= 15 is 0 Å². The number of fused-ring (bicyclic) bond motifs is 1. The van der Waals surface area contributed by atoms with Crippen LogP contribution in [0.15, 0.2) is 30.5 Å². The smallest absolute Gasteiger partial charge is 0.231 e. The van der Waals surface area contributed by atoms with Crippen molar-refractivity contribution in [3.8, 4) is 11.5 Å². The van der Waals surface area contributed by atoms with E-state index < -0.39 is 0 Å². The maximum Gasteiger partial charge on any atom is 0.231 e. The Bertz CT molecular complexity index is 835. The van der Waals surface area contributed by atoms with Crippen LogP contribution in [0.3, 0.4) is 0 Å². The second-order valence-electron chi connectivity index (χ2n) is 7.69. The third-order valence-electron chi connectivity index (χ3n) is 5.69. The predicted molar refractivity (Wildman–Crippen MR) is 108 cm³/mol. The van der Waals surface area contributed by atoms with Crippen molar-refractivity contribution in [1.29, 1.82) is 0 Å². The molecule has 8 heteroatoms. The van der Waals surface area contributed by atoms with Crippen molar-refractivity contribution in [3.05, 3.63) is 41.7 Å². The second kappa shape index (κ2) is 8.52. The molecular weight excluding hydrogens is 370 g/mol. The highest BCUT2D eigenvalue weighted by Crippen LogP contribution is 2.32. The van der Waals surface area contributed by atoms with Crippen molar-refractivity contribution >= 4 is 5.95 Å². The zero-order valence-electron chi connectivity index (χ0n) is 16.6. The van der Waals surface area contributed by atoms with Crippen LogP contribution in [-0.4, -0.2) is 79.0 Å². The topological polar surface area (TPSA) is 63.2 Å². The first-order chi connectivity index (χ1) is 14.3. The molecule has 0 unspecified atom stereocenters. The van der Waals surface area contributed by atoms with Crippen molar-refractivity contribution in [3.63, 3.8) is 0 Å². The van der Waals surface area contributed by atoms with Crippen molar-refractivity contribution in [2.75, 3.05) is 64.2 Å². The number of anilines is 1. The molecule has 1 aromatic heterocycles. The van der Waals surface area contributed by atoms with E-state index in [0.29, 0.717) is 6.79 Å². The van der Waals surface area contributed by atoms with Gasteiger partial charge in [0.2, 0.25) is 12.7 Å². The van der Waals surface area contributed by atoms with Gasteiger partial charge in [0.05, 0.1) is 18.9 Å². The van der Waals surface area contributed by atoms with Gasteiger partial charge < -0.3 is 19.1 Å². The number of nitrogens with zero attached hydrogens (tertiary/aromatic N) is 5. The van der Waals surface area contributed by atoms with Gasteiger partial charge in [-0.15, -0.1) is 0 Å². The number of aromatic nitrogens is 2. The molecule has 0 N–H and O–H groups in total. The lowest BCUT2D eigenvalue weighted by Gasteiger charge is -2.34. The van der Waals surface area contributed by atoms with Gasteiger partial charge in [0.25, 0.3) is 0 Å². The predicted octanol–water partition coefficient (Wildman–Crippen LogP) is 1.36. The summed E-state index contributed by atoms with van der Waals surface area (Å²) in [5.74, 6) is 2.54. The molecule has 29 heavy (non-hydrogen) atoms. The fraction of sp³-hybridized carbons (Fsp3) is 0.524. The molecule has 0 radical (unpaired) electrons. The summed E-state index contributed by atoms with van der Waals surface area (Å²) in [4.78, 5) is 16.4. The van der Waals surface area contributed by atoms with Gasteiger partial charge in [-0.3, -0.25) is 9.80 Å². The van der Waals surface area contributed by atoms with Crippen LogP contribution in [-0.2, 0) is 17.8 Å². The number of hydrogen-bond donors (Lipinski definition) is 0. The van der Waals surface area contributed by atoms with E-state index in [1.165, 1.54) is 5.56 Å². The van der Waals surface area contributed by atoms with E-state index in [2.05, 4.69) is 31.8 Å². The summed E-state index contributed by atoms with van der Waals surface area (Å²) in [6.45, 7) is 9.56. The number of rotatable bonds is 5. The molecular formula is C21H27N5O3. The van der Waals surface area contributed by atoms with E-state index in [1.54, 1.807) is 0 Å². The largest absolute Gasteiger partial charge is 0.454 e. The lowest BCUT2D eigenvalue weighted by atomic mass is 10.1. The molecule has 2 fully saturated rings. The van der Waals surface area contributed by atoms with Gasteiger partial charge in [-0.1, -0.05) is 6.07 Å². The average molecular weight is 397 g/mol.